The van der Waals surface area contributed by atoms with Gasteiger partial charge in [0, 0.05) is 24.4 Å². The van der Waals surface area contributed by atoms with Crippen LogP contribution in [0.2, 0.25) is 0 Å². The number of aromatic nitrogens is 4. The van der Waals surface area contributed by atoms with Gasteiger partial charge in [0.2, 0.25) is 16.0 Å². The number of pyridine rings is 1. The number of nitrogens with one attached hydrogen (secondary N) is 1. The third kappa shape index (κ3) is 4.86. The molecule has 0 radical (unpaired) electrons. The summed E-state index contributed by atoms with van der Waals surface area (Å²) in [5, 5.41) is 0. The molecule has 1 aliphatic rings. The molecule has 0 aliphatic heterocycles. The predicted molar refractivity (Wildman–Crippen MR) is 106 cm³/mol. The molecular weight excluding hydrogens is 382 g/mol. The third-order valence-corrected chi connectivity index (χ3v) is 5.97. The predicted octanol–water partition coefficient (Wildman–Crippen LogP) is 2.02. The Morgan fingerprint density at radius 3 is 2.61 bits per heavy atom. The van der Waals surface area contributed by atoms with E-state index in [2.05, 4.69) is 19.7 Å². The molecule has 1 aliphatic carbocycles. The monoisotopic (exact) mass is 407 g/mol. The van der Waals surface area contributed by atoms with E-state index in [9.17, 15) is 13.2 Å². The van der Waals surface area contributed by atoms with E-state index in [-0.39, 0.29) is 35.2 Å². The number of rotatable bonds is 7. The Kier molecular flexibility index (Phi) is 5.97. The van der Waals surface area contributed by atoms with Crippen molar-refractivity contribution in [2.45, 2.75) is 52.1 Å². The topological polar surface area (TPSA) is 116 Å². The Bertz CT molecular complexity index is 987. The largest absolute Gasteiger partial charge is 0.460 e. The maximum absolute atomic E-state index is 12.2. The lowest BCUT2D eigenvalue weighted by Crippen LogP contribution is -2.21. The van der Waals surface area contributed by atoms with E-state index in [1.807, 2.05) is 0 Å². The van der Waals surface area contributed by atoms with E-state index in [0.29, 0.717) is 17.5 Å². The Balaban J connectivity index is 2.02. The van der Waals surface area contributed by atoms with Crippen LogP contribution in [0.25, 0.3) is 11.4 Å². The lowest BCUT2D eigenvalue weighted by atomic mass is 10.2. The first-order valence-electron chi connectivity index (χ1n) is 9.38. The maximum Gasteiger partial charge on any atom is 0.322 e. The lowest BCUT2D eigenvalue weighted by Gasteiger charge is -2.14. The van der Waals surface area contributed by atoms with E-state index in [1.165, 1.54) is 4.57 Å². The summed E-state index contributed by atoms with van der Waals surface area (Å²) in [4.78, 5) is 24.7. The number of anilines is 1. The summed E-state index contributed by atoms with van der Waals surface area (Å²) < 4.78 is 34.0. The molecule has 152 valence electrons. The van der Waals surface area contributed by atoms with Crippen LogP contribution in [-0.4, -0.2) is 39.8 Å². The van der Waals surface area contributed by atoms with Crippen molar-refractivity contribution in [2.24, 2.45) is 7.05 Å². The number of ether oxygens (including phenoxy) is 1. The highest BCUT2D eigenvalue weighted by Gasteiger charge is 2.21. The quantitative estimate of drug-likeness (QED) is 0.746. The minimum absolute atomic E-state index is 0.0113. The van der Waals surface area contributed by atoms with Gasteiger partial charge in [-0.15, -0.1) is 0 Å². The molecule has 10 heteroatoms. The number of sulfonamides is 1. The summed E-state index contributed by atoms with van der Waals surface area (Å²) in [6.07, 6.45) is 6.08. The van der Waals surface area contributed by atoms with E-state index in [1.54, 1.807) is 33.2 Å². The zero-order valence-electron chi connectivity index (χ0n) is 16.3. The lowest BCUT2D eigenvalue weighted by molar-refractivity contribution is 0.192. The Morgan fingerprint density at radius 2 is 1.96 bits per heavy atom. The molecule has 0 atom stereocenters. The minimum Gasteiger partial charge on any atom is -0.460 e. The molecule has 0 saturated heterocycles. The van der Waals surface area contributed by atoms with Crippen molar-refractivity contribution in [1.29, 1.82) is 0 Å². The van der Waals surface area contributed by atoms with Gasteiger partial charge in [-0.3, -0.25) is 9.52 Å². The van der Waals surface area contributed by atoms with Gasteiger partial charge in [0.25, 0.3) is 5.56 Å². The number of hydrogen-bond acceptors (Lipinski definition) is 7. The van der Waals surface area contributed by atoms with Gasteiger partial charge in [-0.05, 0) is 45.1 Å². The first-order chi connectivity index (χ1) is 13.3. The van der Waals surface area contributed by atoms with E-state index < -0.39 is 10.0 Å². The van der Waals surface area contributed by atoms with Gasteiger partial charge >= 0.3 is 6.01 Å². The summed E-state index contributed by atoms with van der Waals surface area (Å²) in [5.41, 5.74) is 0.991. The molecule has 0 bridgehead atoms. The smallest absolute Gasteiger partial charge is 0.322 e. The normalized spacial score (nSPS) is 15.0. The second-order valence-corrected chi connectivity index (χ2v) is 8.88. The van der Waals surface area contributed by atoms with Gasteiger partial charge in [0.15, 0.2) is 5.82 Å². The Labute approximate surface area is 164 Å². The fourth-order valence-electron chi connectivity index (χ4n) is 3.20. The molecule has 1 saturated carbocycles. The van der Waals surface area contributed by atoms with Crippen LogP contribution in [-0.2, 0) is 17.1 Å². The highest BCUT2D eigenvalue weighted by atomic mass is 32.2. The van der Waals surface area contributed by atoms with Crippen LogP contribution in [0.4, 0.5) is 5.95 Å². The van der Waals surface area contributed by atoms with Crippen molar-refractivity contribution in [3.05, 3.63) is 28.2 Å². The van der Waals surface area contributed by atoms with Crippen LogP contribution < -0.4 is 15.0 Å². The Hall–Kier alpha value is -2.49. The average Bonchev–Trinajstić information content (AvgIpc) is 3.11. The highest BCUT2D eigenvalue weighted by Crippen LogP contribution is 2.25. The van der Waals surface area contributed by atoms with Gasteiger partial charge in [-0.25, -0.2) is 8.42 Å². The fourth-order valence-corrected chi connectivity index (χ4v) is 4.21. The van der Waals surface area contributed by atoms with Gasteiger partial charge in [-0.2, -0.15) is 15.0 Å². The molecule has 0 spiro atoms. The zero-order chi connectivity index (χ0) is 20.3. The van der Waals surface area contributed by atoms with Gasteiger partial charge in [-0.1, -0.05) is 6.92 Å². The molecule has 1 fully saturated rings. The van der Waals surface area contributed by atoms with Crippen molar-refractivity contribution in [3.8, 4) is 17.4 Å². The van der Waals surface area contributed by atoms with Gasteiger partial charge in [0.05, 0.1) is 5.75 Å². The molecule has 2 heterocycles. The van der Waals surface area contributed by atoms with Crippen molar-refractivity contribution in [3.63, 3.8) is 0 Å². The highest BCUT2D eigenvalue weighted by molar-refractivity contribution is 7.92. The van der Waals surface area contributed by atoms with Crippen molar-refractivity contribution in [2.75, 3.05) is 10.5 Å². The Morgan fingerprint density at radius 1 is 1.25 bits per heavy atom. The minimum atomic E-state index is -3.56. The first-order valence-corrected chi connectivity index (χ1v) is 11.0. The van der Waals surface area contributed by atoms with Crippen molar-refractivity contribution < 1.29 is 13.2 Å². The summed E-state index contributed by atoms with van der Waals surface area (Å²) in [7, 11) is -1.92. The number of nitrogens with zero attached hydrogens (tertiary/aromatic N) is 4. The molecule has 28 heavy (non-hydrogen) atoms. The van der Waals surface area contributed by atoms with Crippen LogP contribution in [0.3, 0.4) is 0 Å². The second-order valence-electron chi connectivity index (χ2n) is 7.04. The molecule has 1 N–H and O–H groups in total. The molecule has 0 aromatic carbocycles. The van der Waals surface area contributed by atoms with Gasteiger partial charge in [0.1, 0.15) is 6.10 Å². The van der Waals surface area contributed by atoms with Crippen LogP contribution in [0, 0.1) is 6.92 Å². The fraction of sp³-hybridized carbons (Fsp3) is 0.556. The second kappa shape index (κ2) is 8.26. The number of aryl methyl sites for hydroxylation is 2. The van der Waals surface area contributed by atoms with E-state index >= 15 is 0 Å². The molecule has 2 aromatic heterocycles. The summed E-state index contributed by atoms with van der Waals surface area (Å²) in [6.45, 7) is 3.48. The molecule has 2 aromatic rings. The van der Waals surface area contributed by atoms with Crippen LogP contribution in [0.15, 0.2) is 17.1 Å². The third-order valence-electron chi connectivity index (χ3n) is 4.53. The van der Waals surface area contributed by atoms with Crippen molar-refractivity contribution >= 4 is 16.0 Å². The number of hydrogen-bond donors (Lipinski definition) is 1. The SMILES string of the molecule is CCCS(=O)(=O)Nc1nc(OC2CCCC2)nc(-c2cc(C)c(=O)n(C)c2)n1. The average molecular weight is 407 g/mol. The molecule has 0 unspecified atom stereocenters. The molecule has 0 amide bonds. The molecular formula is C18H25N5O4S. The molecule has 3 rings (SSSR count). The maximum atomic E-state index is 12.2. The standard InChI is InChI=1S/C18H25N5O4S/c1-4-9-28(25,26)22-17-19-15(13-10-12(2)16(24)23(3)11-13)20-18(21-17)27-14-7-5-6-8-14/h10-11,14H,4-9H2,1-3H3,(H,19,20,21,22). The van der Waals surface area contributed by atoms with Crippen molar-refractivity contribution in [1.82, 2.24) is 19.5 Å². The van der Waals surface area contributed by atoms with Crippen LogP contribution in [0.5, 0.6) is 6.01 Å². The first kappa shape index (κ1) is 20.2. The molecule has 9 nitrogen and oxygen atoms in total. The van der Waals surface area contributed by atoms with E-state index in [0.717, 1.165) is 25.7 Å². The van der Waals surface area contributed by atoms with Crippen LogP contribution in [0.1, 0.15) is 44.6 Å². The zero-order valence-corrected chi connectivity index (χ0v) is 17.1. The van der Waals surface area contributed by atoms with E-state index in [4.69, 9.17) is 4.74 Å². The van der Waals surface area contributed by atoms with Gasteiger partial charge < -0.3 is 9.30 Å². The summed E-state index contributed by atoms with van der Waals surface area (Å²) in [5.74, 6) is 0.125. The summed E-state index contributed by atoms with van der Waals surface area (Å²) >= 11 is 0. The summed E-state index contributed by atoms with van der Waals surface area (Å²) in [6, 6.07) is 1.75. The van der Waals surface area contributed by atoms with Crippen LogP contribution >= 0.6 is 0 Å².